The highest BCUT2D eigenvalue weighted by Gasteiger charge is 2.39. The summed E-state index contributed by atoms with van der Waals surface area (Å²) in [5.74, 6) is -0.405. The van der Waals surface area contributed by atoms with Crippen LogP contribution in [-0.4, -0.2) is 53.8 Å². The number of amides is 2. The molecule has 0 radical (unpaired) electrons. The van der Waals surface area contributed by atoms with Crippen molar-refractivity contribution in [3.8, 4) is 0 Å². The van der Waals surface area contributed by atoms with Gasteiger partial charge >= 0.3 is 0 Å². The maximum Gasteiger partial charge on any atom is 0.243 e. The van der Waals surface area contributed by atoms with Crippen LogP contribution in [0.1, 0.15) is 34.9 Å². The van der Waals surface area contributed by atoms with Gasteiger partial charge in [-0.05, 0) is 35.2 Å². The third-order valence-electron chi connectivity index (χ3n) is 6.89. The fraction of sp³-hybridized carbons (Fsp3) is 0.417. The highest BCUT2D eigenvalue weighted by Crippen LogP contribution is 2.41. The number of nitrogens with zero attached hydrogens (tertiary/aromatic N) is 3. The predicted octanol–water partition coefficient (Wildman–Crippen LogP) is 3.86. The Morgan fingerprint density at radius 1 is 1.03 bits per heavy atom. The van der Waals surface area contributed by atoms with E-state index in [0.717, 1.165) is 44.0 Å². The Labute approximate surface area is 209 Å². The highest BCUT2D eigenvalue weighted by atomic mass is 35.5. The number of hydrogen-bond acceptors (Lipinski definition) is 6. The number of benzene rings is 2. The van der Waals surface area contributed by atoms with Crippen molar-refractivity contribution in [2.75, 3.05) is 31.1 Å². The van der Waals surface area contributed by atoms with Crippen LogP contribution in [0.4, 0.5) is 5.69 Å². The van der Waals surface area contributed by atoms with Gasteiger partial charge in [0.25, 0.3) is 0 Å². The van der Waals surface area contributed by atoms with Crippen LogP contribution in [0.2, 0.25) is 10.0 Å². The number of piperazine rings is 1. The van der Waals surface area contributed by atoms with Crippen LogP contribution in [0.5, 0.6) is 0 Å². The molecule has 3 aliphatic rings. The molecule has 2 saturated heterocycles. The summed E-state index contributed by atoms with van der Waals surface area (Å²) in [6, 6.07) is 11.8. The van der Waals surface area contributed by atoms with E-state index in [1.165, 1.54) is 11.1 Å². The lowest BCUT2D eigenvalue weighted by Crippen LogP contribution is -2.51. The lowest BCUT2D eigenvalue weighted by atomic mass is 10.0. The first kappa shape index (κ1) is 23.0. The van der Waals surface area contributed by atoms with Gasteiger partial charge in [-0.1, -0.05) is 47.5 Å². The maximum absolute atomic E-state index is 12.4. The molecule has 0 aliphatic carbocycles. The Kier molecular flexibility index (Phi) is 6.60. The van der Waals surface area contributed by atoms with Gasteiger partial charge in [0.05, 0.1) is 27.1 Å². The molecule has 5 rings (SSSR count). The van der Waals surface area contributed by atoms with Crippen molar-refractivity contribution in [3.63, 3.8) is 0 Å². The number of thiol groups is 1. The van der Waals surface area contributed by atoms with Crippen molar-refractivity contribution in [3.05, 3.63) is 63.1 Å². The molecule has 2 amide bonds. The van der Waals surface area contributed by atoms with Crippen molar-refractivity contribution in [2.24, 2.45) is 0 Å². The van der Waals surface area contributed by atoms with Gasteiger partial charge in [-0.3, -0.25) is 24.7 Å². The topological polar surface area (TPSA) is 55.9 Å². The van der Waals surface area contributed by atoms with Crippen molar-refractivity contribution < 1.29 is 9.59 Å². The van der Waals surface area contributed by atoms with Gasteiger partial charge in [-0.15, -0.1) is 0 Å². The van der Waals surface area contributed by atoms with Crippen LogP contribution in [-0.2, 0) is 22.7 Å². The van der Waals surface area contributed by atoms with Crippen LogP contribution < -0.4 is 10.2 Å². The second-order valence-electron chi connectivity index (χ2n) is 8.83. The van der Waals surface area contributed by atoms with Crippen molar-refractivity contribution in [1.29, 1.82) is 0 Å². The van der Waals surface area contributed by atoms with E-state index in [1.807, 2.05) is 18.2 Å². The molecule has 2 fully saturated rings. The molecule has 2 aromatic carbocycles. The average molecular weight is 505 g/mol. The number of rotatable bonds is 4. The first-order valence-corrected chi connectivity index (χ1v) is 12.5. The van der Waals surface area contributed by atoms with Crippen LogP contribution >= 0.6 is 35.8 Å². The average Bonchev–Trinajstić information content (AvgIpc) is 3.14. The number of halogens is 2. The standard InChI is InChI=1S/C24H26Cl2N4O2S/c25-18-5-2-6-19(22(18)26)29-11-9-28(10-12-29)13-15-3-1-4-16-17(15)14-30(24(16)33)20-7-8-21(31)27-23(20)32/h1-6,20,24,33H,7-14H2,(H,27,31,32). The van der Waals surface area contributed by atoms with Gasteiger partial charge in [0.2, 0.25) is 11.8 Å². The number of anilines is 1. The van der Waals surface area contributed by atoms with Crippen molar-refractivity contribution >= 4 is 53.3 Å². The first-order valence-electron chi connectivity index (χ1n) is 11.2. The minimum atomic E-state index is -0.323. The van der Waals surface area contributed by atoms with E-state index in [4.69, 9.17) is 35.8 Å². The zero-order valence-electron chi connectivity index (χ0n) is 18.1. The maximum atomic E-state index is 12.4. The number of piperidine rings is 1. The number of fused-ring (bicyclic) bond motifs is 1. The van der Waals surface area contributed by atoms with Gasteiger partial charge in [-0.25, -0.2) is 0 Å². The van der Waals surface area contributed by atoms with E-state index in [2.05, 4.69) is 38.2 Å². The van der Waals surface area contributed by atoms with Crippen LogP contribution in [0.15, 0.2) is 36.4 Å². The summed E-state index contributed by atoms with van der Waals surface area (Å²) in [6.45, 7) is 5.13. The van der Waals surface area contributed by atoms with E-state index < -0.39 is 0 Å². The zero-order chi connectivity index (χ0) is 23.1. The molecule has 2 atom stereocenters. The summed E-state index contributed by atoms with van der Waals surface area (Å²) in [7, 11) is 0. The third-order valence-corrected chi connectivity index (χ3v) is 8.27. The highest BCUT2D eigenvalue weighted by molar-refractivity contribution is 7.80. The monoisotopic (exact) mass is 504 g/mol. The molecule has 6 nitrogen and oxygen atoms in total. The normalized spacial score (nSPS) is 24.2. The van der Waals surface area contributed by atoms with E-state index in [-0.39, 0.29) is 23.2 Å². The number of hydrogen-bond donors (Lipinski definition) is 2. The predicted molar refractivity (Wildman–Crippen MR) is 134 cm³/mol. The fourth-order valence-electron chi connectivity index (χ4n) is 5.09. The van der Waals surface area contributed by atoms with Crippen LogP contribution in [0.3, 0.4) is 0 Å². The molecule has 33 heavy (non-hydrogen) atoms. The molecular formula is C24H26Cl2N4O2S. The molecule has 0 aromatic heterocycles. The second kappa shape index (κ2) is 9.47. The number of imide groups is 1. The Balaban J connectivity index is 1.26. The van der Waals surface area contributed by atoms with Gasteiger partial charge in [0, 0.05) is 45.7 Å². The Morgan fingerprint density at radius 3 is 2.55 bits per heavy atom. The zero-order valence-corrected chi connectivity index (χ0v) is 20.5. The molecule has 0 saturated carbocycles. The molecular weight excluding hydrogens is 479 g/mol. The molecule has 174 valence electrons. The summed E-state index contributed by atoms with van der Waals surface area (Å²) < 4.78 is 0. The number of carbonyl (C=O) groups excluding carboxylic acids is 2. The van der Waals surface area contributed by atoms with E-state index in [1.54, 1.807) is 0 Å². The molecule has 2 unspecified atom stereocenters. The summed E-state index contributed by atoms with van der Waals surface area (Å²) in [6.07, 6.45) is 0.913. The van der Waals surface area contributed by atoms with Gasteiger partial charge < -0.3 is 4.90 Å². The van der Waals surface area contributed by atoms with Crippen molar-refractivity contribution in [2.45, 2.75) is 37.3 Å². The minimum Gasteiger partial charge on any atom is -0.368 e. The van der Waals surface area contributed by atoms with Gasteiger partial charge in [-0.2, -0.15) is 12.6 Å². The Hall–Kier alpha value is -1.77. The van der Waals surface area contributed by atoms with Crippen LogP contribution in [0.25, 0.3) is 0 Å². The quantitative estimate of drug-likeness (QED) is 0.488. The minimum absolute atomic E-state index is 0.147. The summed E-state index contributed by atoms with van der Waals surface area (Å²) in [5.41, 5.74) is 4.67. The Morgan fingerprint density at radius 2 is 1.79 bits per heavy atom. The lowest BCUT2D eigenvalue weighted by Gasteiger charge is -2.37. The van der Waals surface area contributed by atoms with Gasteiger partial charge in [0.1, 0.15) is 0 Å². The third kappa shape index (κ3) is 4.49. The van der Waals surface area contributed by atoms with Crippen LogP contribution in [0, 0.1) is 0 Å². The van der Waals surface area contributed by atoms with Gasteiger partial charge in [0.15, 0.2) is 0 Å². The van der Waals surface area contributed by atoms with Crippen molar-refractivity contribution in [1.82, 2.24) is 15.1 Å². The first-order chi connectivity index (χ1) is 15.9. The smallest absolute Gasteiger partial charge is 0.243 e. The largest absolute Gasteiger partial charge is 0.368 e. The lowest BCUT2D eigenvalue weighted by molar-refractivity contribution is -0.137. The molecule has 9 heteroatoms. The second-order valence-corrected chi connectivity index (χ2v) is 10.1. The molecule has 0 bridgehead atoms. The molecule has 0 spiro atoms. The summed E-state index contributed by atoms with van der Waals surface area (Å²) >= 11 is 17.5. The molecule has 2 aromatic rings. The Bertz CT molecular complexity index is 1090. The molecule has 3 heterocycles. The van der Waals surface area contributed by atoms with E-state index in [0.29, 0.717) is 29.4 Å². The fourth-order valence-corrected chi connectivity index (χ4v) is 5.99. The molecule has 3 aliphatic heterocycles. The van der Waals surface area contributed by atoms with E-state index in [9.17, 15) is 9.59 Å². The summed E-state index contributed by atoms with van der Waals surface area (Å²) in [4.78, 5) is 30.9. The molecule has 1 N–H and O–H groups in total. The number of nitrogens with one attached hydrogen (secondary N) is 1. The van der Waals surface area contributed by atoms with E-state index >= 15 is 0 Å². The summed E-state index contributed by atoms with van der Waals surface area (Å²) in [5, 5.41) is 3.52. The SMILES string of the molecule is O=C1CCC(N2Cc3c(CN4CCN(c5cccc(Cl)c5Cl)CC4)cccc3C2S)C(=O)N1. The number of carbonyl (C=O) groups is 2.